The van der Waals surface area contributed by atoms with Crippen LogP contribution in [0.5, 0.6) is 0 Å². The van der Waals surface area contributed by atoms with Crippen molar-refractivity contribution in [1.82, 2.24) is 4.90 Å². The average Bonchev–Trinajstić information content (AvgIpc) is 3.35. The highest BCUT2D eigenvalue weighted by Crippen LogP contribution is 2.56. The van der Waals surface area contributed by atoms with Crippen molar-refractivity contribution < 1.29 is 28.3 Å². The largest absolute Gasteiger partial charge is 0.454 e. The molecule has 0 unspecified atom stereocenters. The summed E-state index contributed by atoms with van der Waals surface area (Å²) in [4.78, 5) is 50.7. The summed E-state index contributed by atoms with van der Waals surface area (Å²) in [5, 5.41) is 2.47. The Morgan fingerprint density at radius 2 is 1.71 bits per heavy atom. The SMILES string of the molecule is C[C@H](C(=O)OCC(=O)Nc1ccc(F)cc1)N1C(=O)[C@@H]2[C@@H]3CC[C@H](C3)[C@@H]2C1=O. The highest BCUT2D eigenvalue weighted by molar-refractivity contribution is 6.08. The third kappa shape index (κ3) is 3.06. The minimum absolute atomic E-state index is 0.237. The molecular formula is C20H21FN2O5. The summed E-state index contributed by atoms with van der Waals surface area (Å²) in [5.41, 5.74) is 0.365. The fraction of sp³-hybridized carbons (Fsp3) is 0.500. The van der Waals surface area contributed by atoms with Crippen molar-refractivity contribution in [2.45, 2.75) is 32.2 Å². The van der Waals surface area contributed by atoms with Gasteiger partial charge >= 0.3 is 5.97 Å². The van der Waals surface area contributed by atoms with Crippen LogP contribution in [0.1, 0.15) is 26.2 Å². The fourth-order valence-corrected chi connectivity index (χ4v) is 4.91. The first-order valence-corrected chi connectivity index (χ1v) is 9.45. The summed E-state index contributed by atoms with van der Waals surface area (Å²) in [6.07, 6.45) is 2.84. The monoisotopic (exact) mass is 388 g/mol. The van der Waals surface area contributed by atoms with Crippen LogP contribution >= 0.6 is 0 Å². The van der Waals surface area contributed by atoms with Crippen LogP contribution in [0.4, 0.5) is 10.1 Å². The van der Waals surface area contributed by atoms with E-state index in [9.17, 15) is 23.6 Å². The number of fused-ring (bicyclic) bond motifs is 5. The van der Waals surface area contributed by atoms with Gasteiger partial charge in [-0.1, -0.05) is 0 Å². The zero-order chi connectivity index (χ0) is 20.0. The van der Waals surface area contributed by atoms with Gasteiger partial charge in [-0.2, -0.15) is 0 Å². The summed E-state index contributed by atoms with van der Waals surface area (Å²) in [6.45, 7) is 0.883. The molecule has 1 N–H and O–H groups in total. The molecule has 1 aromatic carbocycles. The first kappa shape index (κ1) is 18.6. The number of amides is 3. The van der Waals surface area contributed by atoms with E-state index >= 15 is 0 Å². The standard InChI is InChI=1S/C20H21FN2O5/c1-10(20(27)28-9-15(24)22-14-6-4-13(21)5-7-14)23-18(25)16-11-2-3-12(8-11)17(16)19(23)26/h4-7,10-12,16-17H,2-3,8-9H2,1H3,(H,22,24)/t10-,11-,12-,16-,17+/m1/s1. The number of ether oxygens (including phenoxy) is 1. The van der Waals surface area contributed by atoms with Gasteiger partial charge in [-0.25, -0.2) is 9.18 Å². The Hall–Kier alpha value is -2.77. The molecule has 0 spiro atoms. The van der Waals surface area contributed by atoms with Crippen LogP contribution in [-0.4, -0.2) is 41.2 Å². The van der Waals surface area contributed by atoms with Gasteiger partial charge in [0.2, 0.25) is 11.8 Å². The van der Waals surface area contributed by atoms with Gasteiger partial charge in [0.15, 0.2) is 6.61 Å². The maximum Gasteiger partial charge on any atom is 0.329 e. The van der Waals surface area contributed by atoms with E-state index in [1.807, 2.05) is 0 Å². The van der Waals surface area contributed by atoms with Gasteiger partial charge in [0.1, 0.15) is 11.9 Å². The molecule has 1 saturated heterocycles. The highest BCUT2D eigenvalue weighted by Gasteiger charge is 2.62. The van der Waals surface area contributed by atoms with Crippen molar-refractivity contribution in [3.63, 3.8) is 0 Å². The van der Waals surface area contributed by atoms with Gasteiger partial charge in [0.25, 0.3) is 5.91 Å². The Morgan fingerprint density at radius 1 is 1.14 bits per heavy atom. The molecule has 4 rings (SSSR count). The van der Waals surface area contributed by atoms with E-state index in [2.05, 4.69) is 5.32 Å². The molecule has 148 valence electrons. The maximum absolute atomic E-state index is 12.9. The van der Waals surface area contributed by atoms with Crippen molar-refractivity contribution in [1.29, 1.82) is 0 Å². The molecule has 3 aliphatic rings. The van der Waals surface area contributed by atoms with Crippen LogP contribution in [0, 0.1) is 29.5 Å². The molecule has 2 saturated carbocycles. The fourth-order valence-electron chi connectivity index (χ4n) is 4.91. The van der Waals surface area contributed by atoms with Gasteiger partial charge in [-0.15, -0.1) is 0 Å². The zero-order valence-corrected chi connectivity index (χ0v) is 15.4. The van der Waals surface area contributed by atoms with Crippen molar-refractivity contribution in [2.24, 2.45) is 23.7 Å². The number of hydrogen-bond donors (Lipinski definition) is 1. The quantitative estimate of drug-likeness (QED) is 0.613. The molecule has 0 radical (unpaired) electrons. The number of likely N-dealkylation sites (tertiary alicyclic amines) is 1. The lowest BCUT2D eigenvalue weighted by molar-refractivity contribution is -0.159. The van der Waals surface area contributed by atoms with Gasteiger partial charge in [0, 0.05) is 5.69 Å². The van der Waals surface area contributed by atoms with E-state index in [1.165, 1.54) is 31.2 Å². The van der Waals surface area contributed by atoms with Crippen molar-refractivity contribution >= 4 is 29.4 Å². The molecule has 8 heteroatoms. The first-order valence-electron chi connectivity index (χ1n) is 9.45. The minimum Gasteiger partial charge on any atom is -0.454 e. The summed E-state index contributed by atoms with van der Waals surface area (Å²) in [5.74, 6) is -2.54. The van der Waals surface area contributed by atoms with E-state index < -0.39 is 30.3 Å². The number of anilines is 1. The lowest BCUT2D eigenvalue weighted by atomic mass is 9.81. The van der Waals surface area contributed by atoms with Crippen molar-refractivity contribution in [2.75, 3.05) is 11.9 Å². The highest BCUT2D eigenvalue weighted by atomic mass is 19.1. The predicted molar refractivity (Wildman–Crippen MR) is 95.1 cm³/mol. The number of imide groups is 1. The lowest BCUT2D eigenvalue weighted by Crippen LogP contribution is -2.45. The predicted octanol–water partition coefficient (Wildman–Crippen LogP) is 1.73. The number of carbonyl (C=O) groups excluding carboxylic acids is 4. The Balaban J connectivity index is 1.33. The number of hydrogen-bond acceptors (Lipinski definition) is 5. The van der Waals surface area contributed by atoms with Gasteiger partial charge in [-0.05, 0) is 62.3 Å². The van der Waals surface area contributed by atoms with Crippen LogP contribution in [0.25, 0.3) is 0 Å². The Labute approximate surface area is 161 Å². The van der Waals surface area contributed by atoms with Gasteiger partial charge < -0.3 is 10.1 Å². The van der Waals surface area contributed by atoms with Crippen molar-refractivity contribution in [3.05, 3.63) is 30.1 Å². The Kier molecular flexibility index (Phi) is 4.64. The molecular weight excluding hydrogens is 367 g/mol. The Morgan fingerprint density at radius 3 is 2.29 bits per heavy atom. The maximum atomic E-state index is 12.9. The molecule has 3 amide bonds. The second-order valence-corrected chi connectivity index (χ2v) is 7.77. The van der Waals surface area contributed by atoms with E-state index in [1.54, 1.807) is 0 Å². The molecule has 7 nitrogen and oxygen atoms in total. The van der Waals surface area contributed by atoms with Crippen molar-refractivity contribution in [3.8, 4) is 0 Å². The normalized spacial score (nSPS) is 29.0. The number of carbonyl (C=O) groups is 4. The molecule has 2 aliphatic carbocycles. The average molecular weight is 388 g/mol. The molecule has 1 heterocycles. The summed E-state index contributed by atoms with van der Waals surface area (Å²) >= 11 is 0. The molecule has 0 aromatic heterocycles. The first-order chi connectivity index (χ1) is 13.4. The third-order valence-corrected chi connectivity index (χ3v) is 6.16. The molecule has 1 aromatic rings. The van der Waals surface area contributed by atoms with Crippen LogP contribution in [0.15, 0.2) is 24.3 Å². The van der Waals surface area contributed by atoms with Crippen LogP contribution in [0.3, 0.4) is 0 Å². The second kappa shape index (κ2) is 7.00. The number of nitrogens with one attached hydrogen (secondary N) is 1. The van der Waals surface area contributed by atoms with E-state index in [-0.39, 0.29) is 35.5 Å². The summed E-state index contributed by atoms with van der Waals surface area (Å²) < 4.78 is 17.9. The second-order valence-electron chi connectivity index (χ2n) is 7.77. The summed E-state index contributed by atoms with van der Waals surface area (Å²) in [7, 11) is 0. The summed E-state index contributed by atoms with van der Waals surface area (Å²) in [6, 6.07) is 4.08. The lowest BCUT2D eigenvalue weighted by Gasteiger charge is -2.23. The number of halogens is 1. The van der Waals surface area contributed by atoms with Crippen LogP contribution in [0.2, 0.25) is 0 Å². The third-order valence-electron chi connectivity index (χ3n) is 6.16. The van der Waals surface area contributed by atoms with Crippen LogP contribution in [-0.2, 0) is 23.9 Å². The van der Waals surface area contributed by atoms with E-state index in [0.717, 1.165) is 24.2 Å². The minimum atomic E-state index is -1.07. The molecule has 28 heavy (non-hydrogen) atoms. The smallest absolute Gasteiger partial charge is 0.329 e. The number of nitrogens with zero attached hydrogens (tertiary/aromatic N) is 1. The number of benzene rings is 1. The Bertz CT molecular complexity index is 812. The van der Waals surface area contributed by atoms with E-state index in [0.29, 0.717) is 5.69 Å². The van der Waals surface area contributed by atoms with Gasteiger partial charge in [-0.3, -0.25) is 19.3 Å². The number of rotatable bonds is 5. The zero-order valence-electron chi connectivity index (χ0n) is 15.4. The van der Waals surface area contributed by atoms with E-state index in [4.69, 9.17) is 4.74 Å². The number of esters is 1. The topological polar surface area (TPSA) is 92.8 Å². The molecule has 1 aliphatic heterocycles. The molecule has 5 atom stereocenters. The molecule has 3 fully saturated rings. The van der Waals surface area contributed by atoms with Crippen LogP contribution < -0.4 is 5.32 Å². The van der Waals surface area contributed by atoms with Gasteiger partial charge in [0.05, 0.1) is 11.8 Å². The molecule has 2 bridgehead atoms.